The van der Waals surface area contributed by atoms with E-state index in [1.165, 1.54) is 41.0 Å². The maximum atomic E-state index is 10.9. The second-order valence-corrected chi connectivity index (χ2v) is 5.03. The number of nitrogens with zero attached hydrogens (tertiary/aromatic N) is 2. The van der Waals surface area contributed by atoms with Gasteiger partial charge in [-0.05, 0) is 36.5 Å². The van der Waals surface area contributed by atoms with E-state index in [4.69, 9.17) is 5.11 Å². The van der Waals surface area contributed by atoms with Crippen molar-refractivity contribution in [3.63, 3.8) is 0 Å². The number of carbonyl (C=O) groups is 1. The van der Waals surface area contributed by atoms with Gasteiger partial charge in [-0.3, -0.25) is 0 Å². The van der Waals surface area contributed by atoms with Gasteiger partial charge < -0.3 is 14.9 Å². The van der Waals surface area contributed by atoms with Gasteiger partial charge in [-0.1, -0.05) is 12.1 Å². The summed E-state index contributed by atoms with van der Waals surface area (Å²) in [5, 5.41) is 8.96. The van der Waals surface area contributed by atoms with Crippen molar-refractivity contribution in [1.82, 2.24) is 4.90 Å². The summed E-state index contributed by atoms with van der Waals surface area (Å²) in [7, 11) is 0. The second kappa shape index (κ2) is 4.52. The number of fused-ring (bicyclic) bond motifs is 1. The fourth-order valence-corrected chi connectivity index (χ4v) is 3.03. The molecule has 0 atom stereocenters. The molecule has 1 fully saturated rings. The molecule has 1 aliphatic heterocycles. The normalized spacial score (nSPS) is 18.9. The van der Waals surface area contributed by atoms with E-state index >= 15 is 0 Å². The fraction of sp³-hybridized carbons (Fsp3) is 0.500. The monoisotopic (exact) mass is 246 g/mol. The number of amides is 1. The molecule has 96 valence electrons. The molecule has 4 nitrogen and oxygen atoms in total. The highest BCUT2D eigenvalue weighted by atomic mass is 16.4. The van der Waals surface area contributed by atoms with Crippen LogP contribution in [0, 0.1) is 0 Å². The minimum atomic E-state index is -0.798. The van der Waals surface area contributed by atoms with Gasteiger partial charge in [-0.2, -0.15) is 0 Å². The molecular formula is C14H18N2O2. The van der Waals surface area contributed by atoms with E-state index in [1.807, 2.05) is 0 Å². The van der Waals surface area contributed by atoms with Crippen molar-refractivity contribution in [2.45, 2.75) is 19.3 Å². The summed E-state index contributed by atoms with van der Waals surface area (Å²) < 4.78 is 0. The van der Waals surface area contributed by atoms with Gasteiger partial charge in [0.05, 0.1) is 0 Å². The van der Waals surface area contributed by atoms with Crippen LogP contribution < -0.4 is 4.90 Å². The van der Waals surface area contributed by atoms with Crippen molar-refractivity contribution in [2.24, 2.45) is 0 Å². The second-order valence-electron chi connectivity index (χ2n) is 5.03. The highest BCUT2D eigenvalue weighted by Crippen LogP contribution is 2.31. The molecule has 1 aromatic carbocycles. The Balaban J connectivity index is 1.77. The quantitative estimate of drug-likeness (QED) is 0.824. The number of benzene rings is 1. The number of anilines is 1. The third kappa shape index (κ3) is 1.92. The topological polar surface area (TPSA) is 43.8 Å². The molecule has 4 heteroatoms. The molecule has 1 amide bonds. The maximum Gasteiger partial charge on any atom is 0.407 e. The lowest BCUT2D eigenvalue weighted by molar-refractivity contribution is 0.142. The average molecular weight is 246 g/mol. The molecule has 1 aliphatic carbocycles. The van der Waals surface area contributed by atoms with Crippen LogP contribution in [-0.2, 0) is 12.8 Å². The van der Waals surface area contributed by atoms with Crippen molar-refractivity contribution >= 4 is 11.8 Å². The molecule has 1 heterocycles. The maximum absolute atomic E-state index is 10.9. The zero-order valence-corrected chi connectivity index (χ0v) is 10.4. The highest BCUT2D eigenvalue weighted by Gasteiger charge is 2.23. The number of aryl methyl sites for hydroxylation is 1. The lowest BCUT2D eigenvalue weighted by atomic mass is 10.1. The Bertz CT molecular complexity index is 465. The van der Waals surface area contributed by atoms with Crippen molar-refractivity contribution in [3.8, 4) is 0 Å². The summed E-state index contributed by atoms with van der Waals surface area (Å²) in [6.07, 6.45) is 2.82. The standard InChI is InChI=1S/C14H18N2O2/c17-14(18)16-9-7-15(8-10-16)13-6-2-4-11-3-1-5-12(11)13/h2,4,6H,1,3,5,7-10H2,(H,17,18). The number of carboxylic acid groups (broad SMARTS) is 1. The number of rotatable bonds is 1. The molecule has 0 unspecified atom stereocenters. The van der Waals surface area contributed by atoms with Crippen LogP contribution in [0.2, 0.25) is 0 Å². The van der Waals surface area contributed by atoms with E-state index in [1.54, 1.807) is 0 Å². The van der Waals surface area contributed by atoms with Crippen LogP contribution in [0.5, 0.6) is 0 Å². The average Bonchev–Trinajstić information content (AvgIpc) is 2.87. The van der Waals surface area contributed by atoms with Crippen molar-refractivity contribution in [1.29, 1.82) is 0 Å². The van der Waals surface area contributed by atoms with E-state index in [-0.39, 0.29) is 0 Å². The summed E-state index contributed by atoms with van der Waals surface area (Å²) >= 11 is 0. The van der Waals surface area contributed by atoms with Crippen LogP contribution >= 0.6 is 0 Å². The summed E-state index contributed by atoms with van der Waals surface area (Å²) in [5.41, 5.74) is 4.30. The first-order valence-electron chi connectivity index (χ1n) is 6.59. The van der Waals surface area contributed by atoms with Crippen LogP contribution in [0.3, 0.4) is 0 Å². The van der Waals surface area contributed by atoms with Crippen LogP contribution in [0.15, 0.2) is 18.2 Å². The van der Waals surface area contributed by atoms with Gasteiger partial charge in [0.15, 0.2) is 0 Å². The molecule has 0 aromatic heterocycles. The fourth-order valence-electron chi connectivity index (χ4n) is 3.03. The lowest BCUT2D eigenvalue weighted by Crippen LogP contribution is -2.48. The van der Waals surface area contributed by atoms with E-state index in [0.29, 0.717) is 13.1 Å². The van der Waals surface area contributed by atoms with Gasteiger partial charge >= 0.3 is 6.09 Å². The highest BCUT2D eigenvalue weighted by molar-refractivity contribution is 5.66. The summed E-state index contributed by atoms with van der Waals surface area (Å²) in [5.74, 6) is 0. The van der Waals surface area contributed by atoms with Crippen molar-refractivity contribution in [3.05, 3.63) is 29.3 Å². The first-order chi connectivity index (χ1) is 8.75. The zero-order chi connectivity index (χ0) is 12.5. The molecule has 0 spiro atoms. The Labute approximate surface area is 107 Å². The van der Waals surface area contributed by atoms with Gasteiger partial charge in [-0.25, -0.2) is 4.79 Å². The first-order valence-corrected chi connectivity index (χ1v) is 6.59. The lowest BCUT2D eigenvalue weighted by Gasteiger charge is -2.35. The molecule has 0 bridgehead atoms. The molecule has 0 saturated carbocycles. The third-order valence-corrected chi connectivity index (χ3v) is 4.01. The molecule has 0 radical (unpaired) electrons. The van der Waals surface area contributed by atoms with E-state index in [9.17, 15) is 4.79 Å². The number of hydrogen-bond acceptors (Lipinski definition) is 2. The van der Waals surface area contributed by atoms with Crippen LogP contribution in [0.1, 0.15) is 17.5 Å². The Morgan fingerprint density at radius 1 is 1.11 bits per heavy atom. The van der Waals surface area contributed by atoms with E-state index in [0.717, 1.165) is 13.1 Å². The van der Waals surface area contributed by atoms with Gasteiger partial charge in [0, 0.05) is 31.9 Å². The Kier molecular flexibility index (Phi) is 2.86. The molecular weight excluding hydrogens is 228 g/mol. The van der Waals surface area contributed by atoms with Gasteiger partial charge in [0.1, 0.15) is 0 Å². The smallest absolute Gasteiger partial charge is 0.407 e. The Hall–Kier alpha value is -1.71. The van der Waals surface area contributed by atoms with Crippen LogP contribution in [0.4, 0.5) is 10.5 Å². The van der Waals surface area contributed by atoms with Crippen LogP contribution in [0.25, 0.3) is 0 Å². The SMILES string of the molecule is O=C(O)N1CCN(c2cccc3c2CCC3)CC1. The molecule has 1 aromatic rings. The minimum absolute atomic E-state index is 0.610. The zero-order valence-electron chi connectivity index (χ0n) is 10.4. The first kappa shape index (κ1) is 11.4. The van der Waals surface area contributed by atoms with E-state index in [2.05, 4.69) is 23.1 Å². The van der Waals surface area contributed by atoms with Gasteiger partial charge in [0.25, 0.3) is 0 Å². The number of hydrogen-bond donors (Lipinski definition) is 1. The molecule has 1 N–H and O–H groups in total. The Morgan fingerprint density at radius 2 is 1.89 bits per heavy atom. The van der Waals surface area contributed by atoms with E-state index < -0.39 is 6.09 Å². The third-order valence-electron chi connectivity index (χ3n) is 4.01. The molecule has 2 aliphatic rings. The summed E-state index contributed by atoms with van der Waals surface area (Å²) in [6.45, 7) is 2.84. The van der Waals surface area contributed by atoms with Crippen LogP contribution in [-0.4, -0.2) is 42.3 Å². The molecule has 1 saturated heterocycles. The number of piperazine rings is 1. The minimum Gasteiger partial charge on any atom is -0.465 e. The molecule has 3 rings (SSSR count). The van der Waals surface area contributed by atoms with Crippen molar-refractivity contribution < 1.29 is 9.90 Å². The Morgan fingerprint density at radius 3 is 2.61 bits per heavy atom. The van der Waals surface area contributed by atoms with Gasteiger partial charge in [0.2, 0.25) is 0 Å². The largest absolute Gasteiger partial charge is 0.465 e. The molecule has 18 heavy (non-hydrogen) atoms. The summed E-state index contributed by atoms with van der Waals surface area (Å²) in [4.78, 5) is 14.7. The van der Waals surface area contributed by atoms with Gasteiger partial charge in [-0.15, -0.1) is 0 Å². The summed E-state index contributed by atoms with van der Waals surface area (Å²) in [6, 6.07) is 6.53. The predicted molar refractivity (Wildman–Crippen MR) is 70.3 cm³/mol. The predicted octanol–water partition coefficient (Wildman–Crippen LogP) is 1.98. The van der Waals surface area contributed by atoms with Crippen molar-refractivity contribution in [2.75, 3.05) is 31.1 Å².